The van der Waals surface area contributed by atoms with Gasteiger partial charge < -0.3 is 14.2 Å². The van der Waals surface area contributed by atoms with E-state index in [4.69, 9.17) is 14.2 Å². The van der Waals surface area contributed by atoms with E-state index in [1.165, 1.54) is 7.11 Å². The zero-order chi connectivity index (χ0) is 12.8. The van der Waals surface area contributed by atoms with Gasteiger partial charge in [0.15, 0.2) is 5.79 Å². The summed E-state index contributed by atoms with van der Waals surface area (Å²) in [5, 5.41) is 0. The first-order valence-electron chi connectivity index (χ1n) is 5.26. The maximum absolute atomic E-state index is 11.8. The summed E-state index contributed by atoms with van der Waals surface area (Å²) in [6, 6.07) is 0. The van der Waals surface area contributed by atoms with Gasteiger partial charge in [0.2, 0.25) is 0 Å². The highest BCUT2D eigenvalue weighted by atomic mass is 79.9. The van der Waals surface area contributed by atoms with Crippen molar-refractivity contribution in [3.05, 3.63) is 8.96 Å². The minimum absolute atomic E-state index is 0.0287. The number of esters is 1. The average Bonchev–Trinajstić information content (AvgIpc) is 2.79. The van der Waals surface area contributed by atoms with E-state index in [9.17, 15) is 4.79 Å². The third-order valence-corrected chi connectivity index (χ3v) is 6.19. The second kappa shape index (κ2) is 4.64. The van der Waals surface area contributed by atoms with Crippen LogP contribution >= 0.6 is 31.9 Å². The molecular weight excluding hydrogens is 356 g/mol. The van der Waals surface area contributed by atoms with Crippen LogP contribution in [0.25, 0.3) is 0 Å². The molecule has 0 aromatic rings. The normalized spacial score (nSPS) is 34.3. The van der Waals surface area contributed by atoms with Crippen molar-refractivity contribution >= 4 is 37.8 Å². The lowest BCUT2D eigenvalue weighted by atomic mass is 9.93. The molecule has 6 heteroatoms. The van der Waals surface area contributed by atoms with Gasteiger partial charge in [-0.05, 0) is 6.42 Å². The summed E-state index contributed by atoms with van der Waals surface area (Å²) in [5.74, 6) is -1.32. The van der Waals surface area contributed by atoms with Crippen molar-refractivity contribution < 1.29 is 19.0 Å². The van der Waals surface area contributed by atoms with Gasteiger partial charge in [-0.3, -0.25) is 4.79 Å². The molecule has 0 aromatic carbocycles. The Hall–Kier alpha value is 0.0900. The van der Waals surface area contributed by atoms with Crippen molar-refractivity contribution in [2.45, 2.75) is 12.2 Å². The molecule has 0 spiro atoms. The van der Waals surface area contributed by atoms with Gasteiger partial charge in [-0.2, -0.15) is 0 Å². The topological polar surface area (TPSA) is 44.8 Å². The number of fused-ring (bicyclic) bond motifs is 2. The molecular formula is C11H14Br2O4. The Morgan fingerprint density at radius 1 is 1.24 bits per heavy atom. The second-order valence-electron chi connectivity index (χ2n) is 4.22. The second-order valence-corrected chi connectivity index (χ2v) is 5.93. The molecule has 4 nitrogen and oxygen atoms in total. The Kier molecular flexibility index (Phi) is 3.69. The summed E-state index contributed by atoms with van der Waals surface area (Å²) in [6.07, 6.45) is 0.675. The highest BCUT2D eigenvalue weighted by Gasteiger charge is 2.65. The first-order chi connectivity index (χ1) is 8.03. The Morgan fingerprint density at radius 2 is 1.82 bits per heavy atom. The lowest BCUT2D eigenvalue weighted by Crippen LogP contribution is -2.42. The lowest BCUT2D eigenvalue weighted by Gasteiger charge is -2.32. The van der Waals surface area contributed by atoms with Gasteiger partial charge in [0.05, 0.1) is 18.9 Å². The molecule has 0 aliphatic heterocycles. The zero-order valence-corrected chi connectivity index (χ0v) is 13.0. The van der Waals surface area contributed by atoms with Crippen LogP contribution in [0.15, 0.2) is 8.96 Å². The van der Waals surface area contributed by atoms with Crippen LogP contribution in [0.5, 0.6) is 0 Å². The molecule has 0 saturated heterocycles. The minimum Gasteiger partial charge on any atom is -0.469 e. The van der Waals surface area contributed by atoms with E-state index in [1.54, 1.807) is 14.2 Å². The van der Waals surface area contributed by atoms with Crippen molar-refractivity contribution in [3.63, 3.8) is 0 Å². The van der Waals surface area contributed by atoms with Gasteiger partial charge in [0, 0.05) is 29.1 Å². The summed E-state index contributed by atoms with van der Waals surface area (Å²) < 4.78 is 17.9. The maximum Gasteiger partial charge on any atom is 0.309 e. The van der Waals surface area contributed by atoms with E-state index in [2.05, 4.69) is 31.9 Å². The molecule has 0 N–H and O–H groups in total. The van der Waals surface area contributed by atoms with Crippen LogP contribution in [0.4, 0.5) is 0 Å². The summed E-state index contributed by atoms with van der Waals surface area (Å²) in [5.41, 5.74) is 0. The van der Waals surface area contributed by atoms with E-state index in [0.717, 1.165) is 8.96 Å². The summed E-state index contributed by atoms with van der Waals surface area (Å²) >= 11 is 7.06. The van der Waals surface area contributed by atoms with Crippen LogP contribution in [0, 0.1) is 17.8 Å². The number of carbonyl (C=O) groups is 1. The zero-order valence-electron chi connectivity index (χ0n) is 9.83. The first-order valence-corrected chi connectivity index (χ1v) is 6.85. The third-order valence-electron chi connectivity index (χ3n) is 3.76. The molecule has 2 aliphatic rings. The quantitative estimate of drug-likeness (QED) is 0.566. The summed E-state index contributed by atoms with van der Waals surface area (Å²) in [4.78, 5) is 11.8. The van der Waals surface area contributed by atoms with Crippen LogP contribution in [-0.2, 0) is 19.0 Å². The highest BCUT2D eigenvalue weighted by molar-refractivity contribution is 9.14. The fourth-order valence-electron chi connectivity index (χ4n) is 3.01. The Morgan fingerprint density at radius 3 is 2.24 bits per heavy atom. The number of hydrogen-bond donors (Lipinski definition) is 0. The van der Waals surface area contributed by atoms with Gasteiger partial charge in [0.1, 0.15) is 0 Å². The molecule has 2 rings (SSSR count). The number of hydrogen-bond acceptors (Lipinski definition) is 4. The molecule has 0 heterocycles. The summed E-state index contributed by atoms with van der Waals surface area (Å²) in [6.45, 7) is 0. The molecule has 1 saturated carbocycles. The fraction of sp³-hybridized carbons (Fsp3) is 0.727. The minimum atomic E-state index is -0.767. The molecule has 2 bridgehead atoms. The maximum atomic E-state index is 11.8. The monoisotopic (exact) mass is 368 g/mol. The van der Waals surface area contributed by atoms with Crippen molar-refractivity contribution in [2.24, 2.45) is 17.8 Å². The number of ether oxygens (including phenoxy) is 3. The van der Waals surface area contributed by atoms with E-state index in [1.807, 2.05) is 0 Å². The van der Waals surface area contributed by atoms with Crippen LogP contribution in [0.2, 0.25) is 0 Å². The number of carbonyl (C=O) groups excluding carboxylic acids is 1. The molecule has 0 aromatic heterocycles. The van der Waals surface area contributed by atoms with E-state index >= 15 is 0 Å². The van der Waals surface area contributed by atoms with Gasteiger partial charge >= 0.3 is 5.97 Å². The fourth-order valence-corrected chi connectivity index (χ4v) is 4.67. The van der Waals surface area contributed by atoms with E-state index < -0.39 is 5.79 Å². The number of rotatable bonds is 3. The van der Waals surface area contributed by atoms with Crippen molar-refractivity contribution in [1.29, 1.82) is 0 Å². The molecule has 96 valence electrons. The molecule has 1 fully saturated rings. The average molecular weight is 370 g/mol. The summed E-state index contributed by atoms with van der Waals surface area (Å²) in [7, 11) is 4.62. The van der Waals surface area contributed by atoms with Gasteiger partial charge in [-0.1, -0.05) is 31.9 Å². The standard InChI is InChI=1S/C11H14Br2O4/c1-15-10(14)5-4-6-8(12)9(13)7(5)11(6,16-2)17-3/h5-7H,4H2,1-3H3/t5-,6-,7+/m1/s1. The molecule has 0 unspecified atom stereocenters. The van der Waals surface area contributed by atoms with Crippen LogP contribution < -0.4 is 0 Å². The molecule has 17 heavy (non-hydrogen) atoms. The van der Waals surface area contributed by atoms with Crippen LogP contribution in [0.1, 0.15) is 6.42 Å². The Bertz CT molecular complexity index is 376. The van der Waals surface area contributed by atoms with Gasteiger partial charge in [-0.15, -0.1) is 0 Å². The number of methoxy groups -OCH3 is 3. The third kappa shape index (κ3) is 1.64. The largest absolute Gasteiger partial charge is 0.469 e. The van der Waals surface area contributed by atoms with Crippen molar-refractivity contribution in [2.75, 3.05) is 21.3 Å². The molecule has 2 aliphatic carbocycles. The smallest absolute Gasteiger partial charge is 0.309 e. The van der Waals surface area contributed by atoms with Crippen LogP contribution in [-0.4, -0.2) is 33.1 Å². The van der Waals surface area contributed by atoms with Gasteiger partial charge in [-0.25, -0.2) is 0 Å². The first kappa shape index (κ1) is 13.5. The highest BCUT2D eigenvalue weighted by Crippen LogP contribution is 2.63. The van der Waals surface area contributed by atoms with E-state index in [0.29, 0.717) is 6.42 Å². The van der Waals surface area contributed by atoms with Crippen molar-refractivity contribution in [3.8, 4) is 0 Å². The number of halogens is 2. The SMILES string of the molecule is COC(=O)[C@@H]1C[C@@H]2C(Br)=C(Br)[C@H]1C2(OC)OC. The van der Waals surface area contributed by atoms with Crippen molar-refractivity contribution in [1.82, 2.24) is 0 Å². The predicted octanol–water partition coefficient (Wildman–Crippen LogP) is 2.42. The van der Waals surface area contributed by atoms with Gasteiger partial charge in [0.25, 0.3) is 0 Å². The predicted molar refractivity (Wildman–Crippen MR) is 68.7 cm³/mol. The Balaban J connectivity index is 2.42. The molecule has 0 radical (unpaired) electrons. The van der Waals surface area contributed by atoms with E-state index in [-0.39, 0.29) is 23.7 Å². The van der Waals surface area contributed by atoms with Crippen LogP contribution in [0.3, 0.4) is 0 Å². The molecule has 3 atom stereocenters. The Labute approximate surface area is 117 Å². The molecule has 0 amide bonds. The lowest BCUT2D eigenvalue weighted by molar-refractivity contribution is -0.233.